The van der Waals surface area contributed by atoms with Crippen LogP contribution >= 0.6 is 0 Å². The van der Waals surface area contributed by atoms with Crippen LogP contribution in [0.15, 0.2) is 30.3 Å². The second kappa shape index (κ2) is 12.3. The quantitative estimate of drug-likeness (QED) is 0.432. The van der Waals surface area contributed by atoms with Crippen LogP contribution in [0.1, 0.15) is 79.5 Å². The fourth-order valence-corrected chi connectivity index (χ4v) is 5.88. The number of halogens is 1. The van der Waals surface area contributed by atoms with Crippen LogP contribution in [0.3, 0.4) is 0 Å². The lowest BCUT2D eigenvalue weighted by Gasteiger charge is -2.30. The van der Waals surface area contributed by atoms with Crippen LogP contribution in [0.4, 0.5) is 10.2 Å². The molecule has 0 unspecified atom stereocenters. The summed E-state index contributed by atoms with van der Waals surface area (Å²) in [5, 5.41) is 13.5. The summed E-state index contributed by atoms with van der Waals surface area (Å²) in [5.74, 6) is -0.308. The number of unbranched alkanes of at least 4 members (excludes halogenated alkanes) is 1. The monoisotopic (exact) mass is 511 g/mol. The maximum Gasteiger partial charge on any atom is 0.325 e. The maximum absolute atomic E-state index is 14.9. The Kier molecular flexibility index (Phi) is 8.69. The van der Waals surface area contributed by atoms with Crippen LogP contribution < -0.4 is 5.32 Å². The predicted molar refractivity (Wildman–Crippen MR) is 139 cm³/mol. The molecular formula is C29H38FN3O4. The zero-order valence-corrected chi connectivity index (χ0v) is 21.5. The van der Waals surface area contributed by atoms with Crippen LogP contribution in [0.5, 0.6) is 0 Å². The third-order valence-electron chi connectivity index (χ3n) is 7.79. The van der Waals surface area contributed by atoms with Gasteiger partial charge in [-0.25, -0.2) is 9.37 Å². The first kappa shape index (κ1) is 26.1. The number of anilines is 1. The standard InChI is InChI=1S/C29H38FN3O4/c30-24-10-5-9-23(26(24)25-11-2-4-18-37-25)27(29(34)35)33-16-14-22(19-33)36-17-3-1-8-21-13-12-20-7-6-15-31-28(20)32-21/h5,9-10,12-13,22,25,27H,1-4,6-8,11,14-19H2,(H,31,32)(H,34,35)/t22-,25-,27-/m1/s1. The number of carboxylic acids is 1. The summed E-state index contributed by atoms with van der Waals surface area (Å²) in [7, 11) is 0. The summed E-state index contributed by atoms with van der Waals surface area (Å²) in [5.41, 5.74) is 3.33. The minimum atomic E-state index is -0.963. The van der Waals surface area contributed by atoms with Crippen molar-refractivity contribution in [2.24, 2.45) is 0 Å². The van der Waals surface area contributed by atoms with Gasteiger partial charge in [0.2, 0.25) is 0 Å². The highest BCUT2D eigenvalue weighted by molar-refractivity contribution is 5.76. The summed E-state index contributed by atoms with van der Waals surface area (Å²) >= 11 is 0. The van der Waals surface area contributed by atoms with Crippen LogP contribution in [-0.4, -0.2) is 59.9 Å². The third kappa shape index (κ3) is 6.30. The van der Waals surface area contributed by atoms with Crippen molar-refractivity contribution in [1.29, 1.82) is 0 Å². The molecule has 2 N–H and O–H groups in total. The largest absolute Gasteiger partial charge is 0.480 e. The van der Waals surface area contributed by atoms with Gasteiger partial charge in [0, 0.05) is 44.1 Å². The Morgan fingerprint density at radius 1 is 1.22 bits per heavy atom. The van der Waals surface area contributed by atoms with Crippen molar-refractivity contribution in [1.82, 2.24) is 9.88 Å². The number of aromatic nitrogens is 1. The van der Waals surface area contributed by atoms with Crippen molar-refractivity contribution < 1.29 is 23.8 Å². The molecule has 0 amide bonds. The lowest BCUT2D eigenvalue weighted by atomic mass is 9.91. The van der Waals surface area contributed by atoms with Gasteiger partial charge in [-0.1, -0.05) is 18.2 Å². The molecule has 0 bridgehead atoms. The highest BCUT2D eigenvalue weighted by atomic mass is 19.1. The fourth-order valence-electron chi connectivity index (χ4n) is 5.88. The first-order valence-electron chi connectivity index (χ1n) is 13.8. The van der Waals surface area contributed by atoms with Crippen molar-refractivity contribution in [3.63, 3.8) is 0 Å². The number of ether oxygens (including phenoxy) is 2. The first-order valence-corrected chi connectivity index (χ1v) is 13.8. The van der Waals surface area contributed by atoms with E-state index in [2.05, 4.69) is 17.4 Å². The molecule has 0 radical (unpaired) electrons. The van der Waals surface area contributed by atoms with E-state index in [0.29, 0.717) is 43.9 Å². The Morgan fingerprint density at radius 3 is 2.97 bits per heavy atom. The minimum Gasteiger partial charge on any atom is -0.480 e. The first-order chi connectivity index (χ1) is 18.1. The van der Waals surface area contributed by atoms with Gasteiger partial charge in [-0.15, -0.1) is 0 Å². The van der Waals surface area contributed by atoms with Crippen LogP contribution in [-0.2, 0) is 27.1 Å². The molecule has 1 aromatic heterocycles. The number of rotatable bonds is 10. The fraction of sp³-hybridized carbons (Fsp3) is 0.586. The molecule has 3 aliphatic heterocycles. The number of hydrogen-bond acceptors (Lipinski definition) is 6. The molecule has 3 atom stereocenters. The highest BCUT2D eigenvalue weighted by Crippen LogP contribution is 2.37. The smallest absolute Gasteiger partial charge is 0.325 e. The molecule has 3 aliphatic rings. The number of likely N-dealkylation sites (tertiary alicyclic amines) is 1. The second-order valence-electron chi connectivity index (χ2n) is 10.4. The molecular weight excluding hydrogens is 473 g/mol. The van der Waals surface area contributed by atoms with E-state index in [-0.39, 0.29) is 18.0 Å². The van der Waals surface area contributed by atoms with Crippen molar-refractivity contribution in [2.45, 2.75) is 76.0 Å². The molecule has 7 nitrogen and oxygen atoms in total. The molecule has 0 spiro atoms. The molecule has 8 heteroatoms. The van der Waals surface area contributed by atoms with Crippen molar-refractivity contribution in [2.75, 3.05) is 38.2 Å². The van der Waals surface area contributed by atoms with Gasteiger partial charge in [0.1, 0.15) is 17.7 Å². The van der Waals surface area contributed by atoms with E-state index < -0.39 is 12.0 Å². The zero-order valence-electron chi connectivity index (χ0n) is 21.5. The van der Waals surface area contributed by atoms with Crippen LogP contribution in [0.2, 0.25) is 0 Å². The predicted octanol–water partition coefficient (Wildman–Crippen LogP) is 5.06. The number of carbonyl (C=O) groups is 1. The summed E-state index contributed by atoms with van der Waals surface area (Å²) < 4.78 is 26.9. The van der Waals surface area contributed by atoms with E-state index in [4.69, 9.17) is 14.5 Å². The molecule has 5 rings (SSSR count). The Balaban J connectivity index is 1.13. The summed E-state index contributed by atoms with van der Waals surface area (Å²) in [6.07, 6.45) is 8.08. The molecule has 2 fully saturated rings. The van der Waals surface area contributed by atoms with E-state index in [1.807, 2.05) is 4.90 Å². The van der Waals surface area contributed by atoms with E-state index in [1.54, 1.807) is 12.1 Å². The number of nitrogens with one attached hydrogen (secondary N) is 1. The summed E-state index contributed by atoms with van der Waals surface area (Å²) in [4.78, 5) is 19.1. The van der Waals surface area contributed by atoms with Gasteiger partial charge in [0.25, 0.3) is 0 Å². The lowest BCUT2D eigenvalue weighted by Crippen LogP contribution is -2.35. The number of hydrogen-bond donors (Lipinski definition) is 2. The molecule has 2 aromatic rings. The number of carboxylic acid groups (broad SMARTS) is 1. The zero-order chi connectivity index (χ0) is 25.6. The molecule has 1 aromatic carbocycles. The number of fused-ring (bicyclic) bond motifs is 1. The molecule has 4 heterocycles. The van der Waals surface area contributed by atoms with E-state index >= 15 is 0 Å². The van der Waals surface area contributed by atoms with Gasteiger partial charge >= 0.3 is 5.97 Å². The van der Waals surface area contributed by atoms with Crippen LogP contribution in [0.25, 0.3) is 0 Å². The van der Waals surface area contributed by atoms with Gasteiger partial charge < -0.3 is 19.9 Å². The van der Waals surface area contributed by atoms with Gasteiger partial charge in [-0.2, -0.15) is 0 Å². The van der Waals surface area contributed by atoms with Gasteiger partial charge in [-0.3, -0.25) is 9.69 Å². The topological polar surface area (TPSA) is 83.9 Å². The molecule has 37 heavy (non-hydrogen) atoms. The summed E-state index contributed by atoms with van der Waals surface area (Å²) in [6.45, 7) is 3.34. The van der Waals surface area contributed by atoms with Gasteiger partial charge in [0.15, 0.2) is 0 Å². The van der Waals surface area contributed by atoms with Gasteiger partial charge in [-0.05, 0) is 81.0 Å². The van der Waals surface area contributed by atoms with Crippen molar-refractivity contribution in [3.8, 4) is 0 Å². The summed E-state index contributed by atoms with van der Waals surface area (Å²) in [6, 6.07) is 8.16. The average molecular weight is 512 g/mol. The average Bonchev–Trinajstić information content (AvgIpc) is 3.37. The number of nitrogens with zero attached hydrogens (tertiary/aromatic N) is 2. The highest BCUT2D eigenvalue weighted by Gasteiger charge is 2.37. The molecule has 200 valence electrons. The Hall–Kier alpha value is -2.55. The van der Waals surface area contributed by atoms with E-state index in [9.17, 15) is 14.3 Å². The van der Waals surface area contributed by atoms with Crippen molar-refractivity contribution >= 4 is 11.8 Å². The third-order valence-corrected chi connectivity index (χ3v) is 7.79. The second-order valence-corrected chi connectivity index (χ2v) is 10.4. The molecule has 0 aliphatic carbocycles. The lowest BCUT2D eigenvalue weighted by molar-refractivity contribution is -0.143. The normalized spacial score (nSPS) is 22.8. The maximum atomic E-state index is 14.9. The number of pyridine rings is 1. The minimum absolute atomic E-state index is 0.0177. The number of aryl methyl sites for hydroxylation is 2. The van der Waals surface area contributed by atoms with Crippen molar-refractivity contribution in [3.05, 3.63) is 58.5 Å². The van der Waals surface area contributed by atoms with Crippen LogP contribution in [0, 0.1) is 5.82 Å². The van der Waals surface area contributed by atoms with E-state index in [0.717, 1.165) is 69.4 Å². The Morgan fingerprint density at radius 2 is 2.14 bits per heavy atom. The molecule has 2 saturated heterocycles. The Labute approximate surface area is 218 Å². The number of benzene rings is 1. The number of aliphatic carboxylic acids is 1. The van der Waals surface area contributed by atoms with E-state index in [1.165, 1.54) is 11.6 Å². The van der Waals surface area contributed by atoms with Gasteiger partial charge in [0.05, 0.1) is 12.2 Å². The molecule has 0 saturated carbocycles. The SMILES string of the molecule is O=C(O)[C@@H](c1cccc(F)c1[C@H]1CCCCO1)N1CC[C@@H](OCCCCc2ccc3c(n2)NCCC3)C1. The Bertz CT molecular complexity index is 1080.